The quantitative estimate of drug-likeness (QED) is 0.694. The molecule has 1 saturated heterocycles. The van der Waals surface area contributed by atoms with Crippen LogP contribution in [0, 0.1) is 10.1 Å². The summed E-state index contributed by atoms with van der Waals surface area (Å²) in [5.74, 6) is 0. The van der Waals surface area contributed by atoms with Crippen LogP contribution in [0.2, 0.25) is 0 Å². The van der Waals surface area contributed by atoms with Crippen molar-refractivity contribution in [2.24, 2.45) is 0 Å². The maximum atomic E-state index is 10.8. The van der Waals surface area contributed by atoms with E-state index in [4.69, 9.17) is 0 Å². The average molecular weight is 306 g/mol. The number of rotatable bonds is 4. The SMILES string of the molecule is CN(CC1CCCCN1)c1nc2cc([N+](=O)[O-])ccc2s1. The first-order valence-electron chi connectivity index (χ1n) is 7.13. The molecule has 21 heavy (non-hydrogen) atoms. The molecule has 0 saturated carbocycles. The molecule has 0 radical (unpaired) electrons. The normalized spacial score (nSPS) is 18.8. The van der Waals surface area contributed by atoms with Crippen LogP contribution in [0.4, 0.5) is 10.8 Å². The van der Waals surface area contributed by atoms with Crippen LogP contribution in [0.25, 0.3) is 10.2 Å². The number of thiazole rings is 1. The summed E-state index contributed by atoms with van der Waals surface area (Å²) in [6.07, 6.45) is 3.73. The molecule has 0 amide bonds. The van der Waals surface area contributed by atoms with Crippen molar-refractivity contribution in [1.82, 2.24) is 10.3 Å². The topological polar surface area (TPSA) is 71.3 Å². The summed E-state index contributed by atoms with van der Waals surface area (Å²) >= 11 is 1.58. The maximum Gasteiger partial charge on any atom is 0.271 e. The molecule has 1 aliphatic heterocycles. The minimum atomic E-state index is -0.381. The Morgan fingerprint density at radius 1 is 1.52 bits per heavy atom. The van der Waals surface area contributed by atoms with E-state index in [1.54, 1.807) is 23.5 Å². The first-order chi connectivity index (χ1) is 10.1. The van der Waals surface area contributed by atoms with E-state index in [-0.39, 0.29) is 10.6 Å². The van der Waals surface area contributed by atoms with Gasteiger partial charge in [0.15, 0.2) is 5.13 Å². The lowest BCUT2D eigenvalue weighted by atomic mass is 10.1. The maximum absolute atomic E-state index is 10.8. The Kier molecular flexibility index (Phi) is 4.03. The number of aromatic nitrogens is 1. The summed E-state index contributed by atoms with van der Waals surface area (Å²) in [6, 6.07) is 5.36. The number of non-ortho nitro benzene ring substituents is 1. The van der Waals surface area contributed by atoms with Gasteiger partial charge in [-0.2, -0.15) is 0 Å². The number of nitrogens with one attached hydrogen (secondary N) is 1. The van der Waals surface area contributed by atoms with Crippen molar-refractivity contribution < 1.29 is 4.92 Å². The van der Waals surface area contributed by atoms with Crippen LogP contribution >= 0.6 is 11.3 Å². The minimum Gasteiger partial charge on any atom is -0.350 e. The van der Waals surface area contributed by atoms with Crippen molar-refractivity contribution in [2.45, 2.75) is 25.3 Å². The molecule has 112 valence electrons. The van der Waals surface area contributed by atoms with Crippen LogP contribution < -0.4 is 10.2 Å². The Morgan fingerprint density at radius 3 is 3.10 bits per heavy atom. The molecule has 1 unspecified atom stereocenters. The number of nitrogens with zero attached hydrogens (tertiary/aromatic N) is 3. The molecular weight excluding hydrogens is 288 g/mol. The van der Waals surface area contributed by atoms with Gasteiger partial charge < -0.3 is 10.2 Å². The van der Waals surface area contributed by atoms with Crippen LogP contribution in [0.1, 0.15) is 19.3 Å². The zero-order valence-electron chi connectivity index (χ0n) is 11.9. The second-order valence-electron chi connectivity index (χ2n) is 5.43. The van der Waals surface area contributed by atoms with E-state index < -0.39 is 0 Å². The molecule has 6 nitrogen and oxygen atoms in total. The van der Waals surface area contributed by atoms with E-state index in [0.29, 0.717) is 11.6 Å². The average Bonchev–Trinajstić information content (AvgIpc) is 2.91. The lowest BCUT2D eigenvalue weighted by Gasteiger charge is -2.27. The Bertz CT molecular complexity index is 651. The molecular formula is C14H18N4O2S. The van der Waals surface area contributed by atoms with Crippen LogP contribution in [0.3, 0.4) is 0 Å². The summed E-state index contributed by atoms with van der Waals surface area (Å²) in [5, 5.41) is 15.2. The fourth-order valence-electron chi connectivity index (χ4n) is 2.67. The first kappa shape index (κ1) is 14.2. The summed E-state index contributed by atoms with van der Waals surface area (Å²) in [7, 11) is 2.03. The molecule has 2 aromatic rings. The molecule has 1 aromatic carbocycles. The molecule has 1 fully saturated rings. The fraction of sp³-hybridized carbons (Fsp3) is 0.500. The Hall–Kier alpha value is -1.73. The van der Waals surface area contributed by atoms with Gasteiger partial charge in [0.1, 0.15) is 0 Å². The van der Waals surface area contributed by atoms with Crippen molar-refractivity contribution in [3.8, 4) is 0 Å². The molecule has 0 aliphatic carbocycles. The van der Waals surface area contributed by atoms with Gasteiger partial charge in [0, 0.05) is 31.8 Å². The highest BCUT2D eigenvalue weighted by Gasteiger charge is 2.17. The molecule has 1 aliphatic rings. The van der Waals surface area contributed by atoms with E-state index in [1.165, 1.54) is 25.3 Å². The Balaban J connectivity index is 1.78. The molecule has 1 N–H and O–H groups in total. The summed E-state index contributed by atoms with van der Waals surface area (Å²) < 4.78 is 0.985. The smallest absolute Gasteiger partial charge is 0.271 e. The van der Waals surface area contributed by atoms with Gasteiger partial charge in [-0.1, -0.05) is 17.8 Å². The minimum absolute atomic E-state index is 0.0935. The Morgan fingerprint density at radius 2 is 2.38 bits per heavy atom. The molecule has 7 heteroatoms. The van der Waals surface area contributed by atoms with Gasteiger partial charge in [-0.3, -0.25) is 10.1 Å². The number of nitro benzene ring substituents is 1. The number of nitro groups is 1. The molecule has 1 atom stereocenters. The van der Waals surface area contributed by atoms with E-state index in [0.717, 1.165) is 22.9 Å². The highest BCUT2D eigenvalue weighted by Crippen LogP contribution is 2.30. The molecule has 0 spiro atoms. The fourth-order valence-corrected chi connectivity index (χ4v) is 3.59. The third-order valence-electron chi connectivity index (χ3n) is 3.80. The van der Waals surface area contributed by atoms with Crippen LogP contribution in [-0.4, -0.2) is 36.1 Å². The number of anilines is 1. The summed E-state index contributed by atoms with van der Waals surface area (Å²) in [6.45, 7) is 2.01. The largest absolute Gasteiger partial charge is 0.350 e. The van der Waals surface area contributed by atoms with Gasteiger partial charge in [-0.25, -0.2) is 4.98 Å². The second kappa shape index (κ2) is 5.95. The van der Waals surface area contributed by atoms with Gasteiger partial charge in [-0.05, 0) is 25.5 Å². The van der Waals surface area contributed by atoms with Gasteiger partial charge in [0.2, 0.25) is 0 Å². The third kappa shape index (κ3) is 3.14. The number of fused-ring (bicyclic) bond motifs is 1. The highest BCUT2D eigenvalue weighted by molar-refractivity contribution is 7.22. The van der Waals surface area contributed by atoms with Crippen molar-refractivity contribution in [3.63, 3.8) is 0 Å². The number of benzene rings is 1. The van der Waals surface area contributed by atoms with Crippen molar-refractivity contribution in [3.05, 3.63) is 28.3 Å². The highest BCUT2D eigenvalue weighted by atomic mass is 32.1. The molecule has 3 rings (SSSR count). The van der Waals surface area contributed by atoms with Crippen molar-refractivity contribution in [1.29, 1.82) is 0 Å². The zero-order valence-corrected chi connectivity index (χ0v) is 12.7. The monoisotopic (exact) mass is 306 g/mol. The van der Waals surface area contributed by atoms with Gasteiger partial charge >= 0.3 is 0 Å². The third-order valence-corrected chi connectivity index (χ3v) is 4.95. The van der Waals surface area contributed by atoms with Gasteiger partial charge in [0.25, 0.3) is 5.69 Å². The molecule has 2 heterocycles. The molecule has 0 bridgehead atoms. The predicted octanol–water partition coefficient (Wildman–Crippen LogP) is 2.78. The Labute approximate surface area is 126 Å². The van der Waals surface area contributed by atoms with Crippen molar-refractivity contribution in [2.75, 3.05) is 25.0 Å². The molecule has 1 aromatic heterocycles. The number of piperidine rings is 1. The second-order valence-corrected chi connectivity index (χ2v) is 6.44. The summed E-state index contributed by atoms with van der Waals surface area (Å²) in [4.78, 5) is 17.1. The van der Waals surface area contributed by atoms with Crippen LogP contribution in [0.5, 0.6) is 0 Å². The van der Waals surface area contributed by atoms with E-state index >= 15 is 0 Å². The van der Waals surface area contributed by atoms with E-state index in [2.05, 4.69) is 15.2 Å². The van der Waals surface area contributed by atoms with E-state index in [1.807, 2.05) is 7.05 Å². The summed E-state index contributed by atoms with van der Waals surface area (Å²) in [5.41, 5.74) is 0.795. The standard InChI is InChI=1S/C14H18N4O2S/c1-17(9-10-4-2-3-7-15-10)14-16-12-8-11(18(19)20)5-6-13(12)21-14/h5-6,8,10,15H,2-4,7,9H2,1H3. The van der Waals surface area contributed by atoms with Crippen LogP contribution in [0.15, 0.2) is 18.2 Å². The zero-order chi connectivity index (χ0) is 14.8. The van der Waals surface area contributed by atoms with Gasteiger partial charge in [-0.15, -0.1) is 0 Å². The van der Waals surface area contributed by atoms with Crippen LogP contribution in [-0.2, 0) is 0 Å². The number of hydrogen-bond acceptors (Lipinski definition) is 6. The van der Waals surface area contributed by atoms with E-state index in [9.17, 15) is 10.1 Å². The van der Waals surface area contributed by atoms with Crippen molar-refractivity contribution >= 4 is 32.4 Å². The van der Waals surface area contributed by atoms with Gasteiger partial charge in [0.05, 0.1) is 15.1 Å². The first-order valence-corrected chi connectivity index (χ1v) is 7.94. The number of likely N-dealkylation sites (N-methyl/N-ethyl adjacent to an activating group) is 1. The predicted molar refractivity (Wildman–Crippen MR) is 85.2 cm³/mol. The lowest BCUT2D eigenvalue weighted by Crippen LogP contribution is -2.42. The lowest BCUT2D eigenvalue weighted by molar-refractivity contribution is -0.384. The number of hydrogen-bond donors (Lipinski definition) is 1.